The van der Waals surface area contributed by atoms with E-state index in [1.165, 1.54) is 5.56 Å². The lowest BCUT2D eigenvalue weighted by molar-refractivity contribution is -0.137. The van der Waals surface area contributed by atoms with Gasteiger partial charge in [-0.3, -0.25) is 4.79 Å². The van der Waals surface area contributed by atoms with Gasteiger partial charge in [0.15, 0.2) is 0 Å². The molecule has 0 spiro atoms. The summed E-state index contributed by atoms with van der Waals surface area (Å²) in [5, 5.41) is 8.75. The zero-order valence-electron chi connectivity index (χ0n) is 10.1. The van der Waals surface area contributed by atoms with E-state index >= 15 is 0 Å². The quantitative estimate of drug-likeness (QED) is 0.829. The second kappa shape index (κ2) is 5.66. The summed E-state index contributed by atoms with van der Waals surface area (Å²) < 4.78 is 0. The van der Waals surface area contributed by atoms with Gasteiger partial charge in [-0.25, -0.2) is 0 Å². The summed E-state index contributed by atoms with van der Waals surface area (Å²) in [4.78, 5) is 12.7. The molecule has 0 aliphatic heterocycles. The standard InChI is InChI=1S/C13H19NO2/c1-10(7-13(15)16)12-6-4-5-11(8-12)9-14(2)3/h4-6,8,10H,7,9H2,1-3H3,(H,15,16). The summed E-state index contributed by atoms with van der Waals surface area (Å²) in [6, 6.07) is 8.14. The Bertz CT molecular complexity index is 361. The monoisotopic (exact) mass is 221 g/mol. The van der Waals surface area contributed by atoms with Gasteiger partial charge in [0, 0.05) is 6.54 Å². The molecular weight excluding hydrogens is 202 g/mol. The van der Waals surface area contributed by atoms with Crippen molar-refractivity contribution in [3.63, 3.8) is 0 Å². The second-order valence-corrected chi connectivity index (χ2v) is 4.48. The van der Waals surface area contributed by atoms with Gasteiger partial charge in [0.05, 0.1) is 6.42 Å². The van der Waals surface area contributed by atoms with E-state index in [4.69, 9.17) is 5.11 Å². The van der Waals surface area contributed by atoms with Gasteiger partial charge in [-0.15, -0.1) is 0 Å². The fourth-order valence-electron chi connectivity index (χ4n) is 1.74. The van der Waals surface area contributed by atoms with Crippen molar-refractivity contribution in [1.82, 2.24) is 4.90 Å². The van der Waals surface area contributed by atoms with Gasteiger partial charge in [-0.2, -0.15) is 0 Å². The van der Waals surface area contributed by atoms with Crippen LogP contribution in [0.2, 0.25) is 0 Å². The third-order valence-corrected chi connectivity index (χ3v) is 2.50. The smallest absolute Gasteiger partial charge is 0.303 e. The highest BCUT2D eigenvalue weighted by Crippen LogP contribution is 2.20. The van der Waals surface area contributed by atoms with Crippen molar-refractivity contribution < 1.29 is 9.90 Å². The first-order chi connectivity index (χ1) is 7.49. The maximum Gasteiger partial charge on any atom is 0.303 e. The van der Waals surface area contributed by atoms with Crippen molar-refractivity contribution in [3.8, 4) is 0 Å². The molecule has 0 saturated carbocycles. The van der Waals surface area contributed by atoms with E-state index in [1.54, 1.807) is 0 Å². The third kappa shape index (κ3) is 4.03. The Kier molecular flexibility index (Phi) is 4.50. The fraction of sp³-hybridized carbons (Fsp3) is 0.462. The number of aliphatic carboxylic acids is 1. The van der Waals surface area contributed by atoms with Gasteiger partial charge < -0.3 is 10.0 Å². The van der Waals surface area contributed by atoms with Crippen LogP contribution in [0.15, 0.2) is 24.3 Å². The summed E-state index contributed by atoms with van der Waals surface area (Å²) in [5.41, 5.74) is 2.32. The van der Waals surface area contributed by atoms with Crippen molar-refractivity contribution in [1.29, 1.82) is 0 Å². The summed E-state index contributed by atoms with van der Waals surface area (Å²) in [7, 11) is 4.04. The number of nitrogens with zero attached hydrogens (tertiary/aromatic N) is 1. The summed E-state index contributed by atoms with van der Waals surface area (Å²) in [6.07, 6.45) is 0.186. The van der Waals surface area contributed by atoms with Crippen LogP contribution in [0.25, 0.3) is 0 Å². The first-order valence-corrected chi connectivity index (χ1v) is 5.44. The molecule has 3 heteroatoms. The van der Waals surface area contributed by atoms with Crippen molar-refractivity contribution in [2.75, 3.05) is 14.1 Å². The topological polar surface area (TPSA) is 40.5 Å². The molecule has 88 valence electrons. The molecule has 3 nitrogen and oxygen atoms in total. The summed E-state index contributed by atoms with van der Waals surface area (Å²) in [5.74, 6) is -0.676. The van der Waals surface area contributed by atoms with Crippen molar-refractivity contribution in [2.45, 2.75) is 25.8 Å². The molecule has 0 aliphatic carbocycles. The lowest BCUT2D eigenvalue weighted by atomic mass is 9.96. The molecule has 1 atom stereocenters. The number of carboxylic acids is 1. The summed E-state index contributed by atoms with van der Waals surface area (Å²) >= 11 is 0. The zero-order chi connectivity index (χ0) is 12.1. The highest BCUT2D eigenvalue weighted by Gasteiger charge is 2.10. The van der Waals surface area contributed by atoms with Crippen molar-refractivity contribution in [2.24, 2.45) is 0 Å². The minimum Gasteiger partial charge on any atom is -0.481 e. The second-order valence-electron chi connectivity index (χ2n) is 4.48. The van der Waals surface area contributed by atoms with Gasteiger partial charge in [0.25, 0.3) is 0 Å². The van der Waals surface area contributed by atoms with E-state index in [0.29, 0.717) is 0 Å². The first-order valence-electron chi connectivity index (χ1n) is 5.44. The number of hydrogen-bond acceptors (Lipinski definition) is 2. The van der Waals surface area contributed by atoms with E-state index in [0.717, 1.165) is 12.1 Å². The third-order valence-electron chi connectivity index (χ3n) is 2.50. The van der Waals surface area contributed by atoms with E-state index < -0.39 is 5.97 Å². The van der Waals surface area contributed by atoms with Gasteiger partial charge in [0.1, 0.15) is 0 Å². The molecule has 1 aromatic rings. The lowest BCUT2D eigenvalue weighted by Gasteiger charge is -2.13. The van der Waals surface area contributed by atoms with Crippen LogP contribution >= 0.6 is 0 Å². The Balaban J connectivity index is 2.77. The molecular formula is C13H19NO2. The molecule has 0 radical (unpaired) electrons. The first kappa shape index (κ1) is 12.7. The Labute approximate surface area is 96.7 Å². The van der Waals surface area contributed by atoms with Gasteiger partial charge in [0.2, 0.25) is 0 Å². The highest BCUT2D eigenvalue weighted by molar-refractivity contribution is 5.67. The van der Waals surface area contributed by atoms with Crippen LogP contribution in [-0.4, -0.2) is 30.1 Å². The van der Waals surface area contributed by atoms with Crippen molar-refractivity contribution in [3.05, 3.63) is 35.4 Å². The SMILES string of the molecule is CC(CC(=O)O)c1cccc(CN(C)C)c1. The number of carboxylic acid groups (broad SMARTS) is 1. The van der Waals surface area contributed by atoms with Crippen molar-refractivity contribution >= 4 is 5.97 Å². The molecule has 1 rings (SSSR count). The molecule has 1 aromatic carbocycles. The zero-order valence-corrected chi connectivity index (χ0v) is 10.1. The van der Waals surface area contributed by atoms with Crippen LogP contribution in [0.3, 0.4) is 0 Å². The molecule has 0 aromatic heterocycles. The van der Waals surface area contributed by atoms with Crippen LogP contribution in [0.4, 0.5) is 0 Å². The molecule has 0 heterocycles. The minimum absolute atomic E-state index is 0.0691. The van der Waals surface area contributed by atoms with E-state index in [-0.39, 0.29) is 12.3 Å². The average molecular weight is 221 g/mol. The van der Waals surface area contributed by atoms with Crippen LogP contribution < -0.4 is 0 Å². The van der Waals surface area contributed by atoms with Crippen LogP contribution in [0, 0.1) is 0 Å². The van der Waals surface area contributed by atoms with E-state index in [9.17, 15) is 4.79 Å². The summed E-state index contributed by atoms with van der Waals surface area (Å²) in [6.45, 7) is 2.83. The largest absolute Gasteiger partial charge is 0.481 e. The Morgan fingerprint density at radius 1 is 1.44 bits per heavy atom. The van der Waals surface area contributed by atoms with Gasteiger partial charge >= 0.3 is 5.97 Å². The molecule has 0 amide bonds. The van der Waals surface area contributed by atoms with E-state index in [2.05, 4.69) is 17.0 Å². The van der Waals surface area contributed by atoms with Crippen LogP contribution in [0.5, 0.6) is 0 Å². The van der Waals surface area contributed by atoms with Crippen LogP contribution in [-0.2, 0) is 11.3 Å². The van der Waals surface area contributed by atoms with E-state index in [1.807, 2.05) is 33.2 Å². The van der Waals surface area contributed by atoms with Crippen LogP contribution in [0.1, 0.15) is 30.4 Å². The number of benzene rings is 1. The molecule has 0 aliphatic rings. The maximum absolute atomic E-state index is 10.6. The molecule has 0 fully saturated rings. The molecule has 16 heavy (non-hydrogen) atoms. The maximum atomic E-state index is 10.6. The minimum atomic E-state index is -0.745. The Hall–Kier alpha value is -1.35. The molecule has 1 N–H and O–H groups in total. The predicted octanol–water partition coefficient (Wildman–Crippen LogP) is 2.33. The lowest BCUT2D eigenvalue weighted by Crippen LogP contribution is -2.11. The fourth-order valence-corrected chi connectivity index (χ4v) is 1.74. The Morgan fingerprint density at radius 3 is 2.69 bits per heavy atom. The predicted molar refractivity (Wildman–Crippen MR) is 64.5 cm³/mol. The Morgan fingerprint density at radius 2 is 2.12 bits per heavy atom. The average Bonchev–Trinajstić information content (AvgIpc) is 2.16. The molecule has 0 saturated heterocycles. The highest BCUT2D eigenvalue weighted by atomic mass is 16.4. The number of rotatable bonds is 5. The molecule has 0 bridgehead atoms. The number of carbonyl (C=O) groups is 1. The number of hydrogen-bond donors (Lipinski definition) is 1. The van der Waals surface area contributed by atoms with Gasteiger partial charge in [-0.1, -0.05) is 31.2 Å². The normalized spacial score (nSPS) is 12.8. The van der Waals surface area contributed by atoms with Gasteiger partial charge in [-0.05, 0) is 31.1 Å². The molecule has 1 unspecified atom stereocenters.